The standard InChI is InChI=1S/C8H12ClNS2/c1-6(2)11-5-8-10-7(3-9)4-12-8/h4,6H,3,5H2,1-2H3. The van der Waals surface area contributed by atoms with Gasteiger partial charge in [-0.15, -0.1) is 22.9 Å². The molecule has 0 fully saturated rings. The van der Waals surface area contributed by atoms with E-state index in [9.17, 15) is 0 Å². The summed E-state index contributed by atoms with van der Waals surface area (Å²) in [6, 6.07) is 0. The number of halogens is 1. The monoisotopic (exact) mass is 221 g/mol. The summed E-state index contributed by atoms with van der Waals surface area (Å²) in [5, 5.41) is 3.89. The predicted molar refractivity (Wildman–Crippen MR) is 58.1 cm³/mol. The number of thioether (sulfide) groups is 1. The fraction of sp³-hybridized carbons (Fsp3) is 0.625. The van der Waals surface area contributed by atoms with Gasteiger partial charge >= 0.3 is 0 Å². The average molecular weight is 222 g/mol. The molecule has 0 aliphatic carbocycles. The van der Waals surface area contributed by atoms with E-state index in [0.29, 0.717) is 11.1 Å². The minimum atomic E-state index is 0.531. The second-order valence-corrected chi connectivity index (χ2v) is 5.50. The molecule has 0 aliphatic heterocycles. The van der Waals surface area contributed by atoms with Crippen molar-refractivity contribution in [2.24, 2.45) is 0 Å². The molecule has 1 rings (SSSR count). The molecule has 0 aliphatic rings. The van der Waals surface area contributed by atoms with Crippen LogP contribution in [0.25, 0.3) is 0 Å². The van der Waals surface area contributed by atoms with Gasteiger partial charge < -0.3 is 0 Å². The molecule has 0 bridgehead atoms. The minimum Gasteiger partial charge on any atom is -0.244 e. The average Bonchev–Trinajstić information content (AvgIpc) is 2.48. The van der Waals surface area contributed by atoms with Crippen LogP contribution in [-0.4, -0.2) is 10.2 Å². The molecule has 1 aromatic heterocycles. The van der Waals surface area contributed by atoms with Gasteiger partial charge in [0.1, 0.15) is 5.01 Å². The summed E-state index contributed by atoms with van der Waals surface area (Å²) in [6.45, 7) is 4.39. The van der Waals surface area contributed by atoms with Crippen molar-refractivity contribution < 1.29 is 0 Å². The molecule has 0 N–H and O–H groups in total. The molecule has 0 unspecified atom stereocenters. The maximum absolute atomic E-state index is 5.64. The van der Waals surface area contributed by atoms with Crippen molar-refractivity contribution in [2.75, 3.05) is 0 Å². The first-order valence-corrected chi connectivity index (χ1v) is 6.29. The first kappa shape index (κ1) is 10.4. The van der Waals surface area contributed by atoms with Gasteiger partial charge in [-0.05, 0) is 5.25 Å². The number of alkyl halides is 1. The van der Waals surface area contributed by atoms with E-state index in [2.05, 4.69) is 18.8 Å². The topological polar surface area (TPSA) is 12.9 Å². The Hall–Kier alpha value is 0.270. The number of hydrogen-bond acceptors (Lipinski definition) is 3. The second kappa shape index (κ2) is 5.10. The van der Waals surface area contributed by atoms with Gasteiger partial charge in [0.2, 0.25) is 0 Å². The lowest BCUT2D eigenvalue weighted by molar-refractivity contribution is 1.10. The fourth-order valence-electron chi connectivity index (χ4n) is 0.715. The highest BCUT2D eigenvalue weighted by molar-refractivity contribution is 7.99. The summed E-state index contributed by atoms with van der Waals surface area (Å²) in [4.78, 5) is 4.37. The van der Waals surface area contributed by atoms with Crippen LogP contribution in [0.4, 0.5) is 0 Å². The Kier molecular flexibility index (Phi) is 4.40. The Morgan fingerprint density at radius 1 is 1.67 bits per heavy atom. The van der Waals surface area contributed by atoms with E-state index in [-0.39, 0.29) is 0 Å². The highest BCUT2D eigenvalue weighted by atomic mass is 35.5. The van der Waals surface area contributed by atoms with Gasteiger partial charge in [-0.2, -0.15) is 11.8 Å². The molecule has 0 atom stereocenters. The van der Waals surface area contributed by atoms with Crippen LogP contribution < -0.4 is 0 Å². The van der Waals surface area contributed by atoms with Crippen LogP contribution in [0.2, 0.25) is 0 Å². The van der Waals surface area contributed by atoms with Gasteiger partial charge in [-0.3, -0.25) is 0 Å². The zero-order valence-corrected chi connectivity index (χ0v) is 9.60. The molecule has 0 saturated carbocycles. The number of thiazole rings is 1. The third kappa shape index (κ3) is 3.33. The molecule has 0 spiro atoms. The molecule has 1 heterocycles. The van der Waals surface area contributed by atoms with Crippen molar-refractivity contribution in [3.05, 3.63) is 16.1 Å². The van der Waals surface area contributed by atoms with E-state index in [1.807, 2.05) is 17.1 Å². The molecule has 0 amide bonds. The van der Waals surface area contributed by atoms with E-state index in [1.54, 1.807) is 11.3 Å². The first-order chi connectivity index (χ1) is 5.72. The first-order valence-electron chi connectivity index (χ1n) is 3.83. The van der Waals surface area contributed by atoms with E-state index in [4.69, 9.17) is 11.6 Å². The van der Waals surface area contributed by atoms with E-state index < -0.39 is 0 Å². The molecule has 0 aromatic carbocycles. The molecule has 68 valence electrons. The van der Waals surface area contributed by atoms with Crippen LogP contribution in [0.15, 0.2) is 5.38 Å². The molecule has 0 saturated heterocycles. The van der Waals surface area contributed by atoms with E-state index >= 15 is 0 Å². The fourth-order valence-corrected chi connectivity index (χ4v) is 2.54. The van der Waals surface area contributed by atoms with Gasteiger partial charge in [0, 0.05) is 11.1 Å². The zero-order chi connectivity index (χ0) is 8.97. The Morgan fingerprint density at radius 2 is 2.42 bits per heavy atom. The van der Waals surface area contributed by atoms with Crippen molar-refractivity contribution in [1.82, 2.24) is 4.98 Å². The van der Waals surface area contributed by atoms with Crippen molar-refractivity contribution >= 4 is 34.7 Å². The van der Waals surface area contributed by atoms with Crippen LogP contribution in [0.5, 0.6) is 0 Å². The third-order valence-corrected chi connectivity index (χ3v) is 3.74. The molecule has 1 nitrogen and oxygen atoms in total. The highest BCUT2D eigenvalue weighted by Crippen LogP contribution is 2.20. The molecule has 1 aromatic rings. The van der Waals surface area contributed by atoms with Crippen molar-refractivity contribution in [1.29, 1.82) is 0 Å². The van der Waals surface area contributed by atoms with Crippen LogP contribution in [0.1, 0.15) is 24.5 Å². The quantitative estimate of drug-likeness (QED) is 0.722. The van der Waals surface area contributed by atoms with Crippen molar-refractivity contribution in [3.63, 3.8) is 0 Å². The van der Waals surface area contributed by atoms with Gasteiger partial charge in [-0.25, -0.2) is 4.98 Å². The van der Waals surface area contributed by atoms with E-state index in [0.717, 1.165) is 11.4 Å². The van der Waals surface area contributed by atoms with Crippen molar-refractivity contribution in [3.8, 4) is 0 Å². The molecule has 12 heavy (non-hydrogen) atoms. The molecular formula is C8H12ClNS2. The molecule has 4 heteroatoms. The number of rotatable bonds is 4. The maximum Gasteiger partial charge on any atom is 0.103 e. The van der Waals surface area contributed by atoms with Gasteiger partial charge in [0.05, 0.1) is 11.6 Å². The van der Waals surface area contributed by atoms with Crippen LogP contribution in [-0.2, 0) is 11.6 Å². The Balaban J connectivity index is 2.41. The molecular weight excluding hydrogens is 210 g/mol. The third-order valence-electron chi connectivity index (χ3n) is 1.28. The summed E-state index contributed by atoms with van der Waals surface area (Å²) in [5.74, 6) is 1.54. The minimum absolute atomic E-state index is 0.531. The normalized spacial score (nSPS) is 11.0. The van der Waals surface area contributed by atoms with Crippen molar-refractivity contribution in [2.45, 2.75) is 30.7 Å². The maximum atomic E-state index is 5.64. The summed E-state index contributed by atoms with van der Waals surface area (Å²) in [5.41, 5.74) is 1.00. The van der Waals surface area contributed by atoms with Gasteiger partial charge in [-0.1, -0.05) is 13.8 Å². The molecule has 0 radical (unpaired) electrons. The lowest BCUT2D eigenvalue weighted by atomic mass is 10.6. The summed E-state index contributed by atoms with van der Waals surface area (Å²) in [6.07, 6.45) is 0. The number of aromatic nitrogens is 1. The van der Waals surface area contributed by atoms with Crippen LogP contribution in [0.3, 0.4) is 0 Å². The van der Waals surface area contributed by atoms with Gasteiger partial charge in [0.15, 0.2) is 0 Å². The SMILES string of the molecule is CC(C)SCc1nc(CCl)cs1. The lowest BCUT2D eigenvalue weighted by Crippen LogP contribution is -1.88. The number of hydrogen-bond donors (Lipinski definition) is 0. The predicted octanol–water partition coefficient (Wildman–Crippen LogP) is 3.52. The summed E-state index contributed by atoms with van der Waals surface area (Å²) in [7, 11) is 0. The zero-order valence-electron chi connectivity index (χ0n) is 7.21. The summed E-state index contributed by atoms with van der Waals surface area (Å²) >= 11 is 9.25. The van der Waals surface area contributed by atoms with Gasteiger partial charge in [0.25, 0.3) is 0 Å². The largest absolute Gasteiger partial charge is 0.244 e. The Morgan fingerprint density at radius 3 is 2.92 bits per heavy atom. The lowest BCUT2D eigenvalue weighted by Gasteiger charge is -2.00. The smallest absolute Gasteiger partial charge is 0.103 e. The highest BCUT2D eigenvalue weighted by Gasteiger charge is 2.02. The summed E-state index contributed by atoms with van der Waals surface area (Å²) < 4.78 is 0. The van der Waals surface area contributed by atoms with Crippen LogP contribution >= 0.6 is 34.7 Å². The number of nitrogens with zero attached hydrogens (tertiary/aromatic N) is 1. The van der Waals surface area contributed by atoms with E-state index in [1.165, 1.54) is 5.01 Å². The Bertz CT molecular complexity index is 235. The van der Waals surface area contributed by atoms with Crippen LogP contribution in [0, 0.1) is 0 Å². The Labute approximate surface area is 86.5 Å². The second-order valence-electron chi connectivity index (χ2n) is 2.73.